The molecule has 1 N–H and O–H groups in total. The second-order valence-electron chi connectivity index (χ2n) is 5.32. The van der Waals surface area contributed by atoms with Gasteiger partial charge in [-0.05, 0) is 49.6 Å². The molecule has 0 aliphatic carbocycles. The van der Waals surface area contributed by atoms with Crippen LogP contribution < -0.4 is 14.8 Å². The molecule has 1 atom stereocenters. The standard InChI is InChI=1S/C19H23NO3/c1-15(23-18-8-4-3-5-9-18)19(21)20-14-6-7-16-10-12-17(22-2)13-11-16/h3-5,8-13,15H,6-7,14H2,1-2H3,(H,20,21)/t15-/m1/s1. The van der Waals surface area contributed by atoms with Gasteiger partial charge in [-0.25, -0.2) is 0 Å². The highest BCUT2D eigenvalue weighted by Gasteiger charge is 2.13. The Hall–Kier alpha value is -2.49. The van der Waals surface area contributed by atoms with Crippen LogP contribution in [-0.2, 0) is 11.2 Å². The number of hydrogen-bond acceptors (Lipinski definition) is 3. The van der Waals surface area contributed by atoms with Gasteiger partial charge in [0.1, 0.15) is 11.5 Å². The quantitative estimate of drug-likeness (QED) is 0.761. The smallest absolute Gasteiger partial charge is 0.260 e. The summed E-state index contributed by atoms with van der Waals surface area (Å²) in [4.78, 5) is 12.0. The molecule has 2 aromatic carbocycles. The second kappa shape index (κ2) is 8.83. The fourth-order valence-electron chi connectivity index (χ4n) is 2.20. The summed E-state index contributed by atoms with van der Waals surface area (Å²) in [5, 5.41) is 2.91. The molecular formula is C19H23NO3. The van der Waals surface area contributed by atoms with E-state index in [2.05, 4.69) is 5.32 Å². The number of rotatable bonds is 8. The van der Waals surface area contributed by atoms with Crippen LogP contribution in [-0.4, -0.2) is 25.7 Å². The van der Waals surface area contributed by atoms with Crippen molar-refractivity contribution in [2.24, 2.45) is 0 Å². The highest BCUT2D eigenvalue weighted by Crippen LogP contribution is 2.13. The van der Waals surface area contributed by atoms with Crippen molar-refractivity contribution in [1.29, 1.82) is 0 Å². The third-order valence-corrected chi connectivity index (χ3v) is 3.53. The summed E-state index contributed by atoms with van der Waals surface area (Å²) in [7, 11) is 1.66. The SMILES string of the molecule is COc1ccc(CCCNC(=O)[C@@H](C)Oc2ccccc2)cc1. The fraction of sp³-hybridized carbons (Fsp3) is 0.316. The average molecular weight is 313 g/mol. The van der Waals surface area contributed by atoms with Gasteiger partial charge in [0.25, 0.3) is 5.91 Å². The Balaban J connectivity index is 1.67. The number of amides is 1. The lowest BCUT2D eigenvalue weighted by atomic mass is 10.1. The summed E-state index contributed by atoms with van der Waals surface area (Å²) >= 11 is 0. The summed E-state index contributed by atoms with van der Waals surface area (Å²) in [6, 6.07) is 17.3. The molecule has 0 spiro atoms. The van der Waals surface area contributed by atoms with E-state index >= 15 is 0 Å². The molecule has 2 aromatic rings. The van der Waals surface area contributed by atoms with Crippen LogP contribution in [0.3, 0.4) is 0 Å². The van der Waals surface area contributed by atoms with Crippen molar-refractivity contribution in [3.63, 3.8) is 0 Å². The summed E-state index contributed by atoms with van der Waals surface area (Å²) in [5.74, 6) is 1.46. The Labute approximate surface area is 137 Å². The van der Waals surface area contributed by atoms with Gasteiger partial charge in [-0.3, -0.25) is 4.79 Å². The van der Waals surface area contributed by atoms with Crippen molar-refractivity contribution >= 4 is 5.91 Å². The molecule has 4 nitrogen and oxygen atoms in total. The number of benzene rings is 2. The van der Waals surface area contributed by atoms with E-state index < -0.39 is 6.10 Å². The molecule has 0 bridgehead atoms. The molecule has 0 aliphatic rings. The van der Waals surface area contributed by atoms with E-state index in [1.54, 1.807) is 14.0 Å². The normalized spacial score (nSPS) is 11.6. The largest absolute Gasteiger partial charge is 0.497 e. The number of ether oxygens (including phenoxy) is 2. The number of methoxy groups -OCH3 is 1. The number of para-hydroxylation sites is 1. The van der Waals surface area contributed by atoms with E-state index in [9.17, 15) is 4.79 Å². The third kappa shape index (κ3) is 5.66. The van der Waals surface area contributed by atoms with Crippen molar-refractivity contribution in [2.45, 2.75) is 25.9 Å². The monoisotopic (exact) mass is 313 g/mol. The summed E-state index contributed by atoms with van der Waals surface area (Å²) in [6.45, 7) is 2.39. The summed E-state index contributed by atoms with van der Waals surface area (Å²) in [5.41, 5.74) is 1.23. The van der Waals surface area contributed by atoms with E-state index in [-0.39, 0.29) is 5.91 Å². The van der Waals surface area contributed by atoms with Gasteiger partial charge in [0.15, 0.2) is 6.10 Å². The molecule has 0 saturated carbocycles. The molecule has 0 heterocycles. The van der Waals surface area contributed by atoms with Crippen LogP contribution in [0, 0.1) is 0 Å². The lowest BCUT2D eigenvalue weighted by molar-refractivity contribution is -0.127. The van der Waals surface area contributed by atoms with Crippen molar-refractivity contribution in [1.82, 2.24) is 5.32 Å². The molecular weight excluding hydrogens is 290 g/mol. The number of nitrogens with one attached hydrogen (secondary N) is 1. The number of hydrogen-bond donors (Lipinski definition) is 1. The molecule has 0 unspecified atom stereocenters. The Morgan fingerprint density at radius 1 is 1.04 bits per heavy atom. The van der Waals surface area contributed by atoms with Crippen LogP contribution in [0.4, 0.5) is 0 Å². The van der Waals surface area contributed by atoms with E-state index in [4.69, 9.17) is 9.47 Å². The summed E-state index contributed by atoms with van der Waals surface area (Å²) in [6.07, 6.45) is 1.30. The van der Waals surface area contributed by atoms with Crippen LogP contribution in [0.15, 0.2) is 54.6 Å². The minimum Gasteiger partial charge on any atom is -0.497 e. The lowest BCUT2D eigenvalue weighted by Crippen LogP contribution is -2.36. The van der Waals surface area contributed by atoms with Gasteiger partial charge in [-0.15, -0.1) is 0 Å². The molecule has 1 amide bonds. The first-order valence-electron chi connectivity index (χ1n) is 7.81. The maximum absolute atomic E-state index is 12.0. The second-order valence-corrected chi connectivity index (χ2v) is 5.32. The zero-order valence-electron chi connectivity index (χ0n) is 13.6. The highest BCUT2D eigenvalue weighted by atomic mass is 16.5. The van der Waals surface area contributed by atoms with Gasteiger partial charge in [0, 0.05) is 6.54 Å². The van der Waals surface area contributed by atoms with Crippen molar-refractivity contribution in [3.8, 4) is 11.5 Å². The summed E-state index contributed by atoms with van der Waals surface area (Å²) < 4.78 is 10.7. The Morgan fingerprint density at radius 3 is 2.39 bits per heavy atom. The van der Waals surface area contributed by atoms with E-state index in [0.717, 1.165) is 18.6 Å². The molecule has 2 rings (SSSR count). The van der Waals surface area contributed by atoms with Crippen LogP contribution >= 0.6 is 0 Å². The van der Waals surface area contributed by atoms with E-state index in [0.29, 0.717) is 12.3 Å². The average Bonchev–Trinajstić information content (AvgIpc) is 2.60. The molecule has 0 aliphatic heterocycles. The van der Waals surface area contributed by atoms with Crippen LogP contribution in [0.25, 0.3) is 0 Å². The lowest BCUT2D eigenvalue weighted by Gasteiger charge is -2.14. The molecule has 23 heavy (non-hydrogen) atoms. The van der Waals surface area contributed by atoms with Gasteiger partial charge in [-0.2, -0.15) is 0 Å². The first kappa shape index (κ1) is 16.9. The van der Waals surface area contributed by atoms with Gasteiger partial charge >= 0.3 is 0 Å². The minimum absolute atomic E-state index is 0.0939. The van der Waals surface area contributed by atoms with Gasteiger partial charge in [0.05, 0.1) is 7.11 Å². The zero-order chi connectivity index (χ0) is 16.5. The van der Waals surface area contributed by atoms with Crippen LogP contribution in [0.5, 0.6) is 11.5 Å². The van der Waals surface area contributed by atoms with Crippen molar-refractivity contribution < 1.29 is 14.3 Å². The predicted molar refractivity (Wildman–Crippen MR) is 90.9 cm³/mol. The third-order valence-electron chi connectivity index (χ3n) is 3.53. The molecule has 0 aromatic heterocycles. The topological polar surface area (TPSA) is 47.6 Å². The number of carbonyl (C=O) groups excluding carboxylic acids is 1. The molecule has 0 saturated heterocycles. The molecule has 0 radical (unpaired) electrons. The number of carbonyl (C=O) groups is 1. The van der Waals surface area contributed by atoms with Gasteiger partial charge < -0.3 is 14.8 Å². The fourth-order valence-corrected chi connectivity index (χ4v) is 2.20. The van der Waals surface area contributed by atoms with Crippen molar-refractivity contribution in [3.05, 3.63) is 60.2 Å². The maximum atomic E-state index is 12.0. The van der Waals surface area contributed by atoms with Crippen LogP contribution in [0.1, 0.15) is 18.9 Å². The number of aryl methyl sites for hydroxylation is 1. The van der Waals surface area contributed by atoms with Crippen molar-refractivity contribution in [2.75, 3.05) is 13.7 Å². The Bertz CT molecular complexity index is 596. The molecule has 0 fully saturated rings. The van der Waals surface area contributed by atoms with E-state index in [1.807, 2.05) is 54.6 Å². The van der Waals surface area contributed by atoms with Crippen LogP contribution in [0.2, 0.25) is 0 Å². The predicted octanol–water partition coefficient (Wildman–Crippen LogP) is 3.21. The minimum atomic E-state index is -0.501. The molecule has 4 heteroatoms. The Morgan fingerprint density at radius 2 is 1.74 bits per heavy atom. The first-order chi connectivity index (χ1) is 11.2. The molecule has 122 valence electrons. The van der Waals surface area contributed by atoms with Gasteiger partial charge in [0.2, 0.25) is 0 Å². The van der Waals surface area contributed by atoms with Gasteiger partial charge in [-0.1, -0.05) is 30.3 Å². The maximum Gasteiger partial charge on any atom is 0.260 e. The Kier molecular flexibility index (Phi) is 6.48. The highest BCUT2D eigenvalue weighted by molar-refractivity contribution is 5.80. The zero-order valence-corrected chi connectivity index (χ0v) is 13.6. The first-order valence-corrected chi connectivity index (χ1v) is 7.81. The van der Waals surface area contributed by atoms with E-state index in [1.165, 1.54) is 5.56 Å².